The zero-order valence-electron chi connectivity index (χ0n) is 12.8. The largest absolute Gasteiger partial charge is 0.356 e. The Morgan fingerprint density at radius 1 is 1.19 bits per heavy atom. The fraction of sp³-hybridized carbons (Fsp3) is 0.467. The molecule has 0 unspecified atom stereocenters. The fourth-order valence-electron chi connectivity index (χ4n) is 1.71. The van der Waals surface area contributed by atoms with Crippen LogP contribution in [0.2, 0.25) is 0 Å². The number of hydrogen-bond donors (Lipinski definition) is 2. The molecule has 0 aliphatic rings. The number of hydrogen-bond acceptors (Lipinski definition) is 2. The number of aliphatic imine (C=N–C) groups is 1. The maximum atomic E-state index is 12.8. The number of amides is 1. The van der Waals surface area contributed by atoms with E-state index < -0.39 is 0 Å². The van der Waals surface area contributed by atoms with Crippen molar-refractivity contribution in [2.24, 2.45) is 4.99 Å². The van der Waals surface area contributed by atoms with Crippen molar-refractivity contribution in [3.8, 4) is 0 Å². The Labute approximate surface area is 125 Å². The van der Waals surface area contributed by atoms with E-state index in [1.165, 1.54) is 12.1 Å². The number of rotatable bonds is 6. The average molecular weight is 294 g/mol. The fourth-order valence-corrected chi connectivity index (χ4v) is 1.71. The van der Waals surface area contributed by atoms with Crippen LogP contribution in [0.15, 0.2) is 29.3 Å². The summed E-state index contributed by atoms with van der Waals surface area (Å²) in [6.07, 6.45) is 1.20. The van der Waals surface area contributed by atoms with Gasteiger partial charge in [0.25, 0.3) is 0 Å². The minimum Gasteiger partial charge on any atom is -0.356 e. The van der Waals surface area contributed by atoms with Gasteiger partial charge in [-0.2, -0.15) is 0 Å². The Morgan fingerprint density at radius 3 is 2.38 bits per heavy atom. The molecule has 5 nitrogen and oxygen atoms in total. The lowest BCUT2D eigenvalue weighted by Crippen LogP contribution is -2.40. The second-order valence-corrected chi connectivity index (χ2v) is 4.84. The molecule has 0 fully saturated rings. The van der Waals surface area contributed by atoms with E-state index in [9.17, 15) is 9.18 Å². The molecule has 0 bridgehead atoms. The molecular formula is C15H23FN4O. The Morgan fingerprint density at radius 2 is 1.81 bits per heavy atom. The van der Waals surface area contributed by atoms with Crippen LogP contribution in [0.4, 0.5) is 4.39 Å². The summed E-state index contributed by atoms with van der Waals surface area (Å²) in [7, 11) is 5.15. The lowest BCUT2D eigenvalue weighted by atomic mass is 10.1. The van der Waals surface area contributed by atoms with Crippen LogP contribution >= 0.6 is 0 Å². The van der Waals surface area contributed by atoms with Gasteiger partial charge in [-0.05, 0) is 24.1 Å². The van der Waals surface area contributed by atoms with E-state index in [0.717, 1.165) is 12.0 Å². The SMILES string of the molecule is CN=C(NCCC(=O)N(C)C)NCCc1ccc(F)cc1. The minimum atomic E-state index is -0.227. The van der Waals surface area contributed by atoms with Gasteiger partial charge in [0.1, 0.15) is 5.82 Å². The van der Waals surface area contributed by atoms with Gasteiger partial charge < -0.3 is 15.5 Å². The van der Waals surface area contributed by atoms with Crippen LogP contribution in [0, 0.1) is 5.82 Å². The van der Waals surface area contributed by atoms with Crippen LogP contribution in [0.5, 0.6) is 0 Å². The molecule has 1 rings (SSSR count). The second-order valence-electron chi connectivity index (χ2n) is 4.84. The molecule has 1 amide bonds. The zero-order valence-corrected chi connectivity index (χ0v) is 12.8. The molecule has 6 heteroatoms. The van der Waals surface area contributed by atoms with Crippen LogP contribution in [-0.2, 0) is 11.2 Å². The van der Waals surface area contributed by atoms with Crippen LogP contribution < -0.4 is 10.6 Å². The lowest BCUT2D eigenvalue weighted by Gasteiger charge is -2.13. The van der Waals surface area contributed by atoms with E-state index >= 15 is 0 Å². The highest BCUT2D eigenvalue weighted by atomic mass is 19.1. The molecule has 1 aromatic rings. The van der Waals surface area contributed by atoms with Crippen molar-refractivity contribution in [3.63, 3.8) is 0 Å². The quantitative estimate of drug-likeness (QED) is 0.608. The van der Waals surface area contributed by atoms with Gasteiger partial charge in [0.15, 0.2) is 5.96 Å². The van der Waals surface area contributed by atoms with Crippen molar-refractivity contribution in [2.75, 3.05) is 34.2 Å². The van der Waals surface area contributed by atoms with Crippen LogP contribution in [0.25, 0.3) is 0 Å². The number of nitrogens with one attached hydrogen (secondary N) is 2. The molecule has 0 heterocycles. The molecule has 0 spiro atoms. The van der Waals surface area contributed by atoms with Crippen molar-refractivity contribution >= 4 is 11.9 Å². The van der Waals surface area contributed by atoms with E-state index in [0.29, 0.717) is 25.5 Å². The van der Waals surface area contributed by atoms with E-state index in [4.69, 9.17) is 0 Å². The predicted molar refractivity (Wildman–Crippen MR) is 82.8 cm³/mol. The van der Waals surface area contributed by atoms with Gasteiger partial charge in [0.2, 0.25) is 5.91 Å². The standard InChI is InChI=1S/C15H23FN4O/c1-17-15(19-11-9-14(21)20(2)3)18-10-8-12-4-6-13(16)7-5-12/h4-7H,8-11H2,1-3H3,(H2,17,18,19). The van der Waals surface area contributed by atoms with E-state index in [2.05, 4.69) is 15.6 Å². The molecule has 1 aromatic carbocycles. The molecule has 0 aliphatic carbocycles. The first kappa shape index (κ1) is 16.9. The summed E-state index contributed by atoms with van der Waals surface area (Å²) >= 11 is 0. The number of carbonyl (C=O) groups excluding carboxylic acids is 1. The topological polar surface area (TPSA) is 56.7 Å². The Kier molecular flexibility index (Phi) is 7.21. The summed E-state index contributed by atoms with van der Waals surface area (Å²) in [5.74, 6) is 0.502. The highest BCUT2D eigenvalue weighted by Crippen LogP contribution is 2.02. The van der Waals surface area contributed by atoms with E-state index in [1.807, 2.05) is 0 Å². The number of guanidine groups is 1. The first-order valence-corrected chi connectivity index (χ1v) is 6.92. The van der Waals surface area contributed by atoms with Crippen LogP contribution in [0.3, 0.4) is 0 Å². The normalized spacial score (nSPS) is 11.1. The van der Waals surface area contributed by atoms with Gasteiger partial charge in [-0.25, -0.2) is 4.39 Å². The summed E-state index contributed by atoms with van der Waals surface area (Å²) in [5.41, 5.74) is 1.06. The molecule has 0 aromatic heterocycles. The second kappa shape index (κ2) is 8.94. The first-order chi connectivity index (χ1) is 10.0. The van der Waals surface area contributed by atoms with Crippen molar-refractivity contribution in [1.29, 1.82) is 0 Å². The Hall–Kier alpha value is -2.11. The van der Waals surface area contributed by atoms with Gasteiger partial charge in [-0.3, -0.25) is 9.79 Å². The van der Waals surface area contributed by atoms with Crippen LogP contribution in [-0.4, -0.2) is 51.0 Å². The lowest BCUT2D eigenvalue weighted by molar-refractivity contribution is -0.128. The minimum absolute atomic E-state index is 0.0734. The molecule has 0 saturated carbocycles. The maximum absolute atomic E-state index is 12.8. The third-order valence-electron chi connectivity index (χ3n) is 2.97. The number of halogens is 1. The van der Waals surface area contributed by atoms with Crippen LogP contribution in [0.1, 0.15) is 12.0 Å². The first-order valence-electron chi connectivity index (χ1n) is 6.92. The van der Waals surface area contributed by atoms with Gasteiger partial charge in [0, 0.05) is 40.7 Å². The molecule has 0 radical (unpaired) electrons. The Bertz CT molecular complexity index is 471. The number of carbonyl (C=O) groups is 1. The molecule has 21 heavy (non-hydrogen) atoms. The summed E-state index contributed by atoms with van der Waals surface area (Å²) in [5, 5.41) is 6.24. The molecule has 0 saturated heterocycles. The van der Waals surface area contributed by atoms with Gasteiger partial charge >= 0.3 is 0 Å². The number of benzene rings is 1. The summed E-state index contributed by atoms with van der Waals surface area (Å²) in [6.45, 7) is 1.22. The maximum Gasteiger partial charge on any atom is 0.223 e. The Balaban J connectivity index is 2.25. The zero-order chi connectivity index (χ0) is 15.7. The molecule has 116 valence electrons. The highest BCUT2D eigenvalue weighted by Gasteiger charge is 2.04. The molecule has 0 atom stereocenters. The third-order valence-corrected chi connectivity index (χ3v) is 2.97. The summed E-state index contributed by atoms with van der Waals surface area (Å²) in [6, 6.07) is 6.44. The molecule has 2 N–H and O–H groups in total. The average Bonchev–Trinajstić information content (AvgIpc) is 2.47. The molecule has 0 aliphatic heterocycles. The predicted octanol–water partition coefficient (Wildman–Crippen LogP) is 1.01. The van der Waals surface area contributed by atoms with Crippen molar-refractivity contribution in [3.05, 3.63) is 35.6 Å². The highest BCUT2D eigenvalue weighted by molar-refractivity contribution is 5.81. The monoisotopic (exact) mass is 294 g/mol. The van der Waals surface area contributed by atoms with Gasteiger partial charge in [-0.1, -0.05) is 12.1 Å². The number of nitrogens with zero attached hydrogens (tertiary/aromatic N) is 2. The van der Waals surface area contributed by atoms with Crippen molar-refractivity contribution in [2.45, 2.75) is 12.8 Å². The summed E-state index contributed by atoms with van der Waals surface area (Å²) < 4.78 is 12.8. The third kappa shape index (κ3) is 6.74. The van der Waals surface area contributed by atoms with Crippen molar-refractivity contribution < 1.29 is 9.18 Å². The van der Waals surface area contributed by atoms with Crippen molar-refractivity contribution in [1.82, 2.24) is 15.5 Å². The summed E-state index contributed by atoms with van der Waals surface area (Å²) in [4.78, 5) is 17.1. The van der Waals surface area contributed by atoms with E-state index in [1.54, 1.807) is 38.2 Å². The van der Waals surface area contributed by atoms with Gasteiger partial charge in [-0.15, -0.1) is 0 Å². The smallest absolute Gasteiger partial charge is 0.223 e. The van der Waals surface area contributed by atoms with E-state index in [-0.39, 0.29) is 11.7 Å². The van der Waals surface area contributed by atoms with Gasteiger partial charge in [0.05, 0.1) is 0 Å². The molecular weight excluding hydrogens is 271 g/mol.